The summed E-state index contributed by atoms with van der Waals surface area (Å²) >= 11 is 5.52. The summed E-state index contributed by atoms with van der Waals surface area (Å²) in [5, 5.41) is -0.221. The van der Waals surface area contributed by atoms with Gasteiger partial charge in [-0.3, -0.25) is 9.78 Å². The second-order valence-corrected chi connectivity index (χ2v) is 3.82. The first-order chi connectivity index (χ1) is 7.87. The fraction of sp³-hybridized carbons (Fsp3) is 0.200. The number of hydrogen-bond donors (Lipinski definition) is 1. The van der Waals surface area contributed by atoms with Crippen LogP contribution in [0.3, 0.4) is 0 Å². The molecule has 0 radical (unpaired) electrons. The number of nitrogens with zero attached hydrogens (tertiary/aromatic N) is 1. The topological polar surface area (TPSA) is 45.8 Å². The van der Waals surface area contributed by atoms with Crippen LogP contribution >= 0.6 is 11.6 Å². The van der Waals surface area contributed by atoms with Gasteiger partial charge in [-0.05, 0) is 23.2 Å². The first-order valence-corrected chi connectivity index (χ1v) is 4.99. The van der Waals surface area contributed by atoms with E-state index in [0.29, 0.717) is 0 Å². The standard InChI is InChI=1S/C10H6ClF3N2O/c11-9-15-6-3-1-2-5(4-10(12,13)14)7(6)8(17)16-9/h1-3H,4H2,(H,15,16,17). The van der Waals surface area contributed by atoms with E-state index < -0.39 is 18.2 Å². The summed E-state index contributed by atoms with van der Waals surface area (Å²) in [5.41, 5.74) is -0.624. The quantitative estimate of drug-likeness (QED) is 0.803. The minimum Gasteiger partial charge on any atom is -0.297 e. The van der Waals surface area contributed by atoms with E-state index >= 15 is 0 Å². The molecule has 3 nitrogen and oxygen atoms in total. The Balaban J connectivity index is 2.69. The van der Waals surface area contributed by atoms with Crippen molar-refractivity contribution in [3.8, 4) is 0 Å². The molecule has 1 aromatic carbocycles. The Morgan fingerprint density at radius 1 is 1.35 bits per heavy atom. The zero-order valence-corrected chi connectivity index (χ0v) is 9.06. The highest BCUT2D eigenvalue weighted by molar-refractivity contribution is 6.28. The molecule has 0 fully saturated rings. The van der Waals surface area contributed by atoms with Gasteiger partial charge in [0.25, 0.3) is 5.56 Å². The Hall–Kier alpha value is -1.56. The molecule has 0 bridgehead atoms. The average molecular weight is 263 g/mol. The van der Waals surface area contributed by atoms with Crippen molar-refractivity contribution in [3.05, 3.63) is 39.4 Å². The van der Waals surface area contributed by atoms with Gasteiger partial charge in [0.2, 0.25) is 5.28 Å². The number of aromatic amines is 1. The van der Waals surface area contributed by atoms with Crippen LogP contribution in [0.4, 0.5) is 13.2 Å². The largest absolute Gasteiger partial charge is 0.393 e. The zero-order chi connectivity index (χ0) is 12.6. The van der Waals surface area contributed by atoms with E-state index in [1.165, 1.54) is 18.2 Å². The molecule has 0 atom stereocenters. The highest BCUT2D eigenvalue weighted by Crippen LogP contribution is 2.24. The number of rotatable bonds is 1. The predicted octanol–water partition coefficient (Wildman–Crippen LogP) is 2.68. The van der Waals surface area contributed by atoms with Crippen molar-refractivity contribution in [1.82, 2.24) is 9.97 Å². The number of hydrogen-bond acceptors (Lipinski definition) is 2. The number of benzene rings is 1. The minimum absolute atomic E-state index is 0.0748. The van der Waals surface area contributed by atoms with Crippen molar-refractivity contribution in [1.29, 1.82) is 0 Å². The van der Waals surface area contributed by atoms with Gasteiger partial charge >= 0.3 is 6.18 Å². The van der Waals surface area contributed by atoms with E-state index in [2.05, 4.69) is 9.97 Å². The Labute approximate surface area is 98.2 Å². The number of nitrogens with one attached hydrogen (secondary N) is 1. The van der Waals surface area contributed by atoms with Gasteiger partial charge in [-0.15, -0.1) is 0 Å². The molecular formula is C10H6ClF3N2O. The number of aromatic nitrogens is 2. The van der Waals surface area contributed by atoms with Gasteiger partial charge in [0, 0.05) is 0 Å². The van der Waals surface area contributed by atoms with Crippen molar-refractivity contribution >= 4 is 22.5 Å². The van der Waals surface area contributed by atoms with Crippen LogP contribution in [-0.2, 0) is 6.42 Å². The van der Waals surface area contributed by atoms with Crippen molar-refractivity contribution < 1.29 is 13.2 Å². The lowest BCUT2D eigenvalue weighted by Crippen LogP contribution is -2.16. The number of halogens is 4. The molecule has 0 aliphatic rings. The molecule has 2 rings (SSSR count). The molecule has 0 spiro atoms. The first kappa shape index (κ1) is 11.9. The normalized spacial score (nSPS) is 12.0. The van der Waals surface area contributed by atoms with Crippen LogP contribution in [0, 0.1) is 0 Å². The molecule has 0 saturated carbocycles. The molecule has 0 unspecified atom stereocenters. The molecule has 1 heterocycles. The molecule has 1 N–H and O–H groups in total. The molecule has 17 heavy (non-hydrogen) atoms. The summed E-state index contributed by atoms with van der Waals surface area (Å²) in [6.45, 7) is 0. The van der Waals surface area contributed by atoms with Crippen LogP contribution in [0.5, 0.6) is 0 Å². The Kier molecular flexibility index (Phi) is 2.82. The lowest BCUT2D eigenvalue weighted by molar-refractivity contribution is -0.127. The minimum atomic E-state index is -4.37. The van der Waals surface area contributed by atoms with Crippen LogP contribution in [0.1, 0.15) is 5.56 Å². The second kappa shape index (κ2) is 4.03. The first-order valence-electron chi connectivity index (χ1n) is 4.61. The molecular weight excluding hydrogens is 257 g/mol. The van der Waals surface area contributed by atoms with E-state index in [-0.39, 0.29) is 21.7 Å². The maximum atomic E-state index is 12.3. The maximum Gasteiger partial charge on any atom is 0.393 e. The third-order valence-corrected chi connectivity index (χ3v) is 2.36. The second-order valence-electron chi connectivity index (χ2n) is 3.46. The summed E-state index contributed by atoms with van der Waals surface area (Å²) in [5.74, 6) is 0. The molecule has 0 aliphatic heterocycles. The summed E-state index contributed by atoms with van der Waals surface area (Å²) < 4.78 is 37.0. The van der Waals surface area contributed by atoms with Crippen LogP contribution in [-0.4, -0.2) is 16.1 Å². The number of alkyl halides is 3. The van der Waals surface area contributed by atoms with E-state index in [1.54, 1.807) is 0 Å². The van der Waals surface area contributed by atoms with Crippen molar-refractivity contribution in [2.24, 2.45) is 0 Å². The fourth-order valence-corrected chi connectivity index (χ4v) is 1.77. The Morgan fingerprint density at radius 3 is 2.71 bits per heavy atom. The van der Waals surface area contributed by atoms with E-state index in [0.717, 1.165) is 0 Å². The third-order valence-electron chi connectivity index (χ3n) is 2.18. The average Bonchev–Trinajstić information content (AvgIpc) is 2.13. The van der Waals surface area contributed by atoms with Crippen LogP contribution in [0.25, 0.3) is 10.9 Å². The smallest absolute Gasteiger partial charge is 0.297 e. The van der Waals surface area contributed by atoms with Crippen LogP contribution < -0.4 is 5.56 Å². The molecule has 0 aliphatic carbocycles. The third kappa shape index (κ3) is 2.58. The maximum absolute atomic E-state index is 12.3. The lowest BCUT2D eigenvalue weighted by Gasteiger charge is -2.08. The number of H-pyrrole nitrogens is 1. The van der Waals surface area contributed by atoms with Gasteiger partial charge in [-0.2, -0.15) is 13.2 Å². The Bertz CT molecular complexity index is 621. The van der Waals surface area contributed by atoms with Crippen LogP contribution in [0.2, 0.25) is 5.28 Å². The SMILES string of the molecule is O=c1[nH]c(Cl)nc2cccc(CC(F)(F)F)c12. The van der Waals surface area contributed by atoms with Gasteiger partial charge in [0.15, 0.2) is 0 Å². The molecule has 2 aromatic rings. The van der Waals surface area contributed by atoms with Gasteiger partial charge in [-0.1, -0.05) is 12.1 Å². The van der Waals surface area contributed by atoms with Crippen molar-refractivity contribution in [3.63, 3.8) is 0 Å². The summed E-state index contributed by atoms with van der Waals surface area (Å²) in [4.78, 5) is 17.5. The van der Waals surface area contributed by atoms with Crippen molar-refractivity contribution in [2.75, 3.05) is 0 Å². The van der Waals surface area contributed by atoms with Crippen molar-refractivity contribution in [2.45, 2.75) is 12.6 Å². The van der Waals surface area contributed by atoms with Crippen LogP contribution in [0.15, 0.2) is 23.0 Å². The van der Waals surface area contributed by atoms with Gasteiger partial charge < -0.3 is 0 Å². The molecule has 1 aromatic heterocycles. The summed E-state index contributed by atoms with van der Waals surface area (Å²) in [6, 6.07) is 4.10. The summed E-state index contributed by atoms with van der Waals surface area (Å²) in [7, 11) is 0. The zero-order valence-electron chi connectivity index (χ0n) is 8.31. The highest BCUT2D eigenvalue weighted by atomic mass is 35.5. The molecule has 7 heteroatoms. The van der Waals surface area contributed by atoms with E-state index in [1.807, 2.05) is 0 Å². The van der Waals surface area contributed by atoms with E-state index in [9.17, 15) is 18.0 Å². The number of fused-ring (bicyclic) bond motifs is 1. The monoisotopic (exact) mass is 262 g/mol. The summed E-state index contributed by atoms with van der Waals surface area (Å²) in [6.07, 6.45) is -5.54. The lowest BCUT2D eigenvalue weighted by atomic mass is 10.1. The van der Waals surface area contributed by atoms with Gasteiger partial charge in [-0.25, -0.2) is 4.98 Å². The molecule has 0 saturated heterocycles. The predicted molar refractivity (Wildman–Crippen MR) is 57.1 cm³/mol. The van der Waals surface area contributed by atoms with Gasteiger partial charge in [0.1, 0.15) is 0 Å². The van der Waals surface area contributed by atoms with Gasteiger partial charge in [0.05, 0.1) is 17.3 Å². The Morgan fingerprint density at radius 2 is 2.06 bits per heavy atom. The van der Waals surface area contributed by atoms with E-state index in [4.69, 9.17) is 11.6 Å². The fourth-order valence-electron chi connectivity index (χ4n) is 1.60. The molecule has 0 amide bonds. The molecule has 90 valence electrons. The highest BCUT2D eigenvalue weighted by Gasteiger charge is 2.29.